The number of rotatable bonds is 6. The van der Waals surface area contributed by atoms with Crippen molar-refractivity contribution in [2.45, 2.75) is 52.7 Å². The molecule has 0 aliphatic rings. The second kappa shape index (κ2) is 6.17. The molecule has 2 atom stereocenters. The Morgan fingerprint density at radius 3 is 2.35 bits per heavy atom. The molecule has 0 aliphatic heterocycles. The van der Waals surface area contributed by atoms with Gasteiger partial charge in [-0.25, -0.2) is 0 Å². The van der Waals surface area contributed by atoms with Crippen molar-refractivity contribution in [2.24, 2.45) is 7.05 Å². The molecular formula is C13H25N3O. The molecular weight excluding hydrogens is 214 g/mol. The minimum atomic E-state index is -0.263. The lowest BCUT2D eigenvalue weighted by Gasteiger charge is -2.19. The van der Waals surface area contributed by atoms with Crippen LogP contribution in [0.1, 0.15) is 49.7 Å². The normalized spacial score (nSPS) is 14.9. The van der Waals surface area contributed by atoms with E-state index in [4.69, 9.17) is 0 Å². The Morgan fingerprint density at radius 1 is 1.29 bits per heavy atom. The Kier molecular flexibility index (Phi) is 5.15. The molecule has 0 bridgehead atoms. The smallest absolute Gasteiger partial charge is 0.0662 e. The van der Waals surface area contributed by atoms with Crippen molar-refractivity contribution in [2.75, 3.05) is 6.54 Å². The molecule has 0 aliphatic carbocycles. The van der Waals surface area contributed by atoms with Gasteiger partial charge in [-0.1, -0.05) is 13.8 Å². The van der Waals surface area contributed by atoms with Gasteiger partial charge in [0.05, 0.1) is 11.8 Å². The summed E-state index contributed by atoms with van der Waals surface area (Å²) in [6.45, 7) is 8.93. The molecule has 1 rings (SSSR count). The molecule has 0 fully saturated rings. The van der Waals surface area contributed by atoms with E-state index < -0.39 is 0 Å². The second-order valence-corrected chi connectivity index (χ2v) is 4.64. The SMILES string of the molecule is CC[C@H](O)CN[C@H](CC)c1c(C)nn(C)c1C. The first-order valence-corrected chi connectivity index (χ1v) is 6.42. The highest BCUT2D eigenvalue weighted by Crippen LogP contribution is 2.23. The Labute approximate surface area is 104 Å². The fourth-order valence-corrected chi connectivity index (χ4v) is 2.17. The Balaban J connectivity index is 2.79. The molecule has 4 heteroatoms. The van der Waals surface area contributed by atoms with Gasteiger partial charge in [-0.2, -0.15) is 5.10 Å². The zero-order valence-electron chi connectivity index (χ0n) is 11.6. The van der Waals surface area contributed by atoms with E-state index in [0.717, 1.165) is 18.5 Å². The zero-order chi connectivity index (χ0) is 13.0. The van der Waals surface area contributed by atoms with Crippen LogP contribution in [0.3, 0.4) is 0 Å². The van der Waals surface area contributed by atoms with Gasteiger partial charge in [0.1, 0.15) is 0 Å². The first-order chi connectivity index (χ1) is 8.01. The van der Waals surface area contributed by atoms with Crippen molar-refractivity contribution in [1.29, 1.82) is 0 Å². The van der Waals surface area contributed by atoms with Gasteiger partial charge in [0.15, 0.2) is 0 Å². The Bertz CT molecular complexity index is 360. The standard InChI is InChI=1S/C13H25N3O/c1-6-11(17)8-14-12(7-2)13-9(3)15-16(5)10(13)4/h11-12,14,17H,6-8H2,1-5H3/t11-,12+/m0/s1. The van der Waals surface area contributed by atoms with Gasteiger partial charge in [-0.05, 0) is 26.7 Å². The van der Waals surface area contributed by atoms with Crippen LogP contribution in [0.15, 0.2) is 0 Å². The molecule has 17 heavy (non-hydrogen) atoms. The minimum absolute atomic E-state index is 0.263. The van der Waals surface area contributed by atoms with Crippen LogP contribution in [0.2, 0.25) is 0 Å². The van der Waals surface area contributed by atoms with Gasteiger partial charge in [-0.15, -0.1) is 0 Å². The average Bonchev–Trinajstić information content (AvgIpc) is 2.55. The van der Waals surface area contributed by atoms with E-state index in [2.05, 4.69) is 24.3 Å². The maximum Gasteiger partial charge on any atom is 0.0662 e. The lowest BCUT2D eigenvalue weighted by atomic mass is 10.0. The van der Waals surface area contributed by atoms with Crippen molar-refractivity contribution in [3.8, 4) is 0 Å². The third-order valence-electron chi connectivity index (χ3n) is 3.39. The van der Waals surface area contributed by atoms with E-state index in [1.165, 1.54) is 11.3 Å². The third kappa shape index (κ3) is 3.30. The molecule has 0 radical (unpaired) electrons. The summed E-state index contributed by atoms with van der Waals surface area (Å²) in [5.41, 5.74) is 3.56. The van der Waals surface area contributed by atoms with Crippen molar-refractivity contribution in [3.05, 3.63) is 17.0 Å². The maximum atomic E-state index is 9.61. The molecule has 1 aromatic heterocycles. The summed E-state index contributed by atoms with van der Waals surface area (Å²) in [4.78, 5) is 0. The summed E-state index contributed by atoms with van der Waals surface area (Å²) in [6.07, 6.45) is 1.53. The molecule has 1 aromatic rings. The number of aliphatic hydroxyl groups excluding tert-OH is 1. The molecule has 98 valence electrons. The van der Waals surface area contributed by atoms with E-state index >= 15 is 0 Å². The molecule has 0 amide bonds. The number of aromatic nitrogens is 2. The van der Waals surface area contributed by atoms with Crippen LogP contribution in [0, 0.1) is 13.8 Å². The van der Waals surface area contributed by atoms with E-state index in [-0.39, 0.29) is 12.1 Å². The molecule has 4 nitrogen and oxygen atoms in total. The summed E-state index contributed by atoms with van der Waals surface area (Å²) in [7, 11) is 1.97. The lowest BCUT2D eigenvalue weighted by molar-refractivity contribution is 0.162. The predicted molar refractivity (Wildman–Crippen MR) is 70.0 cm³/mol. The van der Waals surface area contributed by atoms with Gasteiger partial charge in [-0.3, -0.25) is 4.68 Å². The monoisotopic (exact) mass is 239 g/mol. The van der Waals surface area contributed by atoms with Crippen molar-refractivity contribution in [1.82, 2.24) is 15.1 Å². The molecule has 1 heterocycles. The highest BCUT2D eigenvalue weighted by atomic mass is 16.3. The lowest BCUT2D eigenvalue weighted by Crippen LogP contribution is -2.30. The van der Waals surface area contributed by atoms with Crippen molar-refractivity contribution >= 4 is 0 Å². The number of nitrogens with one attached hydrogen (secondary N) is 1. The van der Waals surface area contributed by atoms with Crippen LogP contribution in [0.25, 0.3) is 0 Å². The summed E-state index contributed by atoms with van der Waals surface area (Å²) in [5, 5.41) is 17.5. The minimum Gasteiger partial charge on any atom is -0.392 e. The van der Waals surface area contributed by atoms with Crippen LogP contribution in [0.4, 0.5) is 0 Å². The van der Waals surface area contributed by atoms with Gasteiger partial charge < -0.3 is 10.4 Å². The molecule has 0 aromatic carbocycles. The van der Waals surface area contributed by atoms with Crippen molar-refractivity contribution < 1.29 is 5.11 Å². The first-order valence-electron chi connectivity index (χ1n) is 6.42. The number of aryl methyl sites for hydroxylation is 2. The molecule has 0 unspecified atom stereocenters. The van der Waals surface area contributed by atoms with Crippen LogP contribution >= 0.6 is 0 Å². The number of hydrogen-bond acceptors (Lipinski definition) is 3. The van der Waals surface area contributed by atoms with E-state index in [1.54, 1.807) is 0 Å². The summed E-state index contributed by atoms with van der Waals surface area (Å²) < 4.78 is 1.92. The highest BCUT2D eigenvalue weighted by Gasteiger charge is 2.18. The van der Waals surface area contributed by atoms with E-state index in [0.29, 0.717) is 6.54 Å². The van der Waals surface area contributed by atoms with E-state index in [9.17, 15) is 5.11 Å². The van der Waals surface area contributed by atoms with E-state index in [1.807, 2.05) is 25.6 Å². The predicted octanol–water partition coefficient (Wildman–Crippen LogP) is 1.85. The van der Waals surface area contributed by atoms with Crippen LogP contribution in [-0.4, -0.2) is 27.5 Å². The highest BCUT2D eigenvalue weighted by molar-refractivity contribution is 5.28. The quantitative estimate of drug-likeness (QED) is 0.796. The zero-order valence-corrected chi connectivity index (χ0v) is 11.6. The van der Waals surface area contributed by atoms with Gasteiger partial charge in [0.2, 0.25) is 0 Å². The van der Waals surface area contributed by atoms with Gasteiger partial charge in [0.25, 0.3) is 0 Å². The average molecular weight is 239 g/mol. The Morgan fingerprint density at radius 2 is 1.94 bits per heavy atom. The molecule has 0 spiro atoms. The maximum absolute atomic E-state index is 9.61. The molecule has 0 saturated heterocycles. The van der Waals surface area contributed by atoms with Crippen molar-refractivity contribution in [3.63, 3.8) is 0 Å². The molecule has 2 N–H and O–H groups in total. The van der Waals surface area contributed by atoms with Gasteiger partial charge >= 0.3 is 0 Å². The van der Waals surface area contributed by atoms with Crippen LogP contribution in [0.5, 0.6) is 0 Å². The fourth-order valence-electron chi connectivity index (χ4n) is 2.17. The largest absolute Gasteiger partial charge is 0.392 e. The van der Waals surface area contributed by atoms with Crippen LogP contribution in [-0.2, 0) is 7.05 Å². The number of hydrogen-bond donors (Lipinski definition) is 2. The number of nitrogens with zero attached hydrogens (tertiary/aromatic N) is 2. The van der Waals surface area contributed by atoms with Crippen LogP contribution < -0.4 is 5.32 Å². The second-order valence-electron chi connectivity index (χ2n) is 4.64. The van der Waals surface area contributed by atoms with Gasteiger partial charge in [0, 0.05) is 30.9 Å². The Hall–Kier alpha value is -0.870. The summed E-state index contributed by atoms with van der Waals surface area (Å²) in [6, 6.07) is 0.282. The third-order valence-corrected chi connectivity index (χ3v) is 3.39. The topological polar surface area (TPSA) is 50.1 Å². The first kappa shape index (κ1) is 14.2. The number of aliphatic hydroxyl groups is 1. The fraction of sp³-hybridized carbons (Fsp3) is 0.769. The summed E-state index contributed by atoms with van der Waals surface area (Å²) >= 11 is 0. The molecule has 0 saturated carbocycles. The summed E-state index contributed by atoms with van der Waals surface area (Å²) in [5.74, 6) is 0.